The Bertz CT molecular complexity index is 486. The fourth-order valence-corrected chi connectivity index (χ4v) is 3.14. The van der Waals surface area contributed by atoms with Crippen LogP contribution in [0.25, 0.3) is 0 Å². The third-order valence-electron chi connectivity index (χ3n) is 4.12. The molecule has 0 radical (unpaired) electrons. The van der Waals surface area contributed by atoms with E-state index in [1.807, 2.05) is 18.2 Å². The highest BCUT2D eigenvalue weighted by Gasteiger charge is 2.04. The third kappa shape index (κ3) is 12.7. The van der Waals surface area contributed by atoms with Gasteiger partial charge in [-0.1, -0.05) is 79.8 Å². The van der Waals surface area contributed by atoms with Crippen LogP contribution >= 0.6 is 15.9 Å². The van der Waals surface area contributed by atoms with Crippen LogP contribution in [0.1, 0.15) is 56.9 Å². The van der Waals surface area contributed by atoms with Crippen LogP contribution in [0.2, 0.25) is 0 Å². The molecule has 27 heavy (non-hydrogen) atoms. The smallest absolute Gasteiger partial charge is 0.123 e. The first-order valence-corrected chi connectivity index (χ1v) is 11.2. The second-order valence-corrected chi connectivity index (χ2v) is 7.38. The fraction of sp³-hybridized carbons (Fsp3) is 0.565. The van der Waals surface area contributed by atoms with Crippen LogP contribution in [0.15, 0.2) is 43.5 Å². The van der Waals surface area contributed by atoms with Crippen molar-refractivity contribution in [3.63, 3.8) is 0 Å². The molecule has 0 aliphatic carbocycles. The van der Waals surface area contributed by atoms with Gasteiger partial charge in [-0.15, -0.1) is 0 Å². The number of hydrogen-bond acceptors (Lipinski definition) is 3. The van der Waals surface area contributed by atoms with Gasteiger partial charge in [0, 0.05) is 18.0 Å². The topological polar surface area (TPSA) is 27.7 Å². The SMILES string of the molecule is C=CCOc1cc(COCCCCCCCCCCBr)cc(OCC=C)c1. The molecule has 1 aromatic carbocycles. The highest BCUT2D eigenvalue weighted by molar-refractivity contribution is 9.09. The molecule has 0 N–H and O–H groups in total. The standard InChI is InChI=1S/C23H35BrO3/c1-3-14-26-22-17-21(18-23(19-22)27-15-4-2)20-25-16-12-10-8-6-5-7-9-11-13-24/h3-4,17-19H,1-2,5-16,20H2. The van der Waals surface area contributed by atoms with E-state index in [1.54, 1.807) is 12.2 Å². The van der Waals surface area contributed by atoms with E-state index < -0.39 is 0 Å². The maximum atomic E-state index is 5.84. The summed E-state index contributed by atoms with van der Waals surface area (Å²) in [5, 5.41) is 1.13. The minimum Gasteiger partial charge on any atom is -0.489 e. The molecule has 0 aliphatic heterocycles. The van der Waals surface area contributed by atoms with Gasteiger partial charge in [-0.3, -0.25) is 0 Å². The van der Waals surface area contributed by atoms with E-state index in [0.29, 0.717) is 19.8 Å². The Hall–Kier alpha value is -1.26. The molecule has 0 spiro atoms. The van der Waals surface area contributed by atoms with Gasteiger partial charge < -0.3 is 14.2 Å². The van der Waals surface area contributed by atoms with Gasteiger partial charge in [-0.2, -0.15) is 0 Å². The van der Waals surface area contributed by atoms with E-state index in [-0.39, 0.29) is 0 Å². The number of benzene rings is 1. The summed E-state index contributed by atoms with van der Waals surface area (Å²) in [5.74, 6) is 1.55. The van der Waals surface area contributed by atoms with Gasteiger partial charge in [-0.25, -0.2) is 0 Å². The predicted molar refractivity (Wildman–Crippen MR) is 118 cm³/mol. The van der Waals surface area contributed by atoms with Gasteiger partial charge in [0.25, 0.3) is 0 Å². The van der Waals surface area contributed by atoms with Crippen LogP contribution in [0.3, 0.4) is 0 Å². The molecule has 1 aromatic rings. The van der Waals surface area contributed by atoms with Gasteiger partial charge >= 0.3 is 0 Å². The first-order valence-electron chi connectivity index (χ1n) is 10.0. The largest absolute Gasteiger partial charge is 0.489 e. The number of halogens is 1. The van der Waals surface area contributed by atoms with Crippen LogP contribution in [-0.2, 0) is 11.3 Å². The lowest BCUT2D eigenvalue weighted by Gasteiger charge is -2.11. The molecule has 152 valence electrons. The molecule has 0 bridgehead atoms. The van der Waals surface area contributed by atoms with Crippen LogP contribution in [0, 0.1) is 0 Å². The third-order valence-corrected chi connectivity index (χ3v) is 4.68. The van der Waals surface area contributed by atoms with Crippen molar-refractivity contribution in [3.05, 3.63) is 49.1 Å². The fourth-order valence-electron chi connectivity index (χ4n) is 2.74. The van der Waals surface area contributed by atoms with Crippen molar-refractivity contribution in [1.82, 2.24) is 0 Å². The zero-order valence-corrected chi connectivity index (χ0v) is 18.2. The molecule has 0 atom stereocenters. The highest BCUT2D eigenvalue weighted by atomic mass is 79.9. The summed E-state index contributed by atoms with van der Waals surface area (Å²) in [6.07, 6.45) is 13.8. The Morgan fingerprint density at radius 1 is 0.741 bits per heavy atom. The second-order valence-electron chi connectivity index (χ2n) is 6.58. The van der Waals surface area contributed by atoms with E-state index in [4.69, 9.17) is 14.2 Å². The van der Waals surface area contributed by atoms with Gasteiger partial charge in [-0.05, 0) is 30.5 Å². The Morgan fingerprint density at radius 2 is 1.26 bits per heavy atom. The Morgan fingerprint density at radius 3 is 1.78 bits per heavy atom. The molecule has 0 saturated heterocycles. The molecular formula is C23H35BrO3. The predicted octanol–water partition coefficient (Wildman–Crippen LogP) is 6.85. The summed E-state index contributed by atoms with van der Waals surface area (Å²) < 4.78 is 17.1. The van der Waals surface area contributed by atoms with Crippen molar-refractivity contribution in [3.8, 4) is 11.5 Å². The average molecular weight is 439 g/mol. The minimum atomic E-state index is 0.474. The van der Waals surface area contributed by atoms with E-state index in [1.165, 1.54) is 44.9 Å². The van der Waals surface area contributed by atoms with Crippen molar-refractivity contribution in [1.29, 1.82) is 0 Å². The normalized spacial score (nSPS) is 10.6. The highest BCUT2D eigenvalue weighted by Crippen LogP contribution is 2.24. The molecule has 3 nitrogen and oxygen atoms in total. The molecule has 1 rings (SSSR count). The van der Waals surface area contributed by atoms with Crippen molar-refractivity contribution >= 4 is 15.9 Å². The van der Waals surface area contributed by atoms with E-state index in [9.17, 15) is 0 Å². The molecule has 0 saturated carbocycles. The average Bonchev–Trinajstić information content (AvgIpc) is 2.69. The second kappa shape index (κ2) is 16.9. The van der Waals surface area contributed by atoms with E-state index in [0.717, 1.165) is 35.4 Å². The monoisotopic (exact) mass is 438 g/mol. The summed E-state index contributed by atoms with van der Waals surface area (Å²) in [4.78, 5) is 0. The van der Waals surface area contributed by atoms with Crippen molar-refractivity contribution in [2.45, 2.75) is 58.0 Å². The molecule has 0 aliphatic rings. The lowest BCUT2D eigenvalue weighted by atomic mass is 10.1. The van der Waals surface area contributed by atoms with Crippen LogP contribution < -0.4 is 9.47 Å². The van der Waals surface area contributed by atoms with Gasteiger partial charge in [0.1, 0.15) is 24.7 Å². The summed E-state index contributed by atoms with van der Waals surface area (Å²) in [7, 11) is 0. The van der Waals surface area contributed by atoms with Gasteiger partial charge in [0.05, 0.1) is 6.61 Å². The first-order chi connectivity index (χ1) is 13.3. The van der Waals surface area contributed by atoms with E-state index in [2.05, 4.69) is 29.1 Å². The van der Waals surface area contributed by atoms with Gasteiger partial charge in [0.15, 0.2) is 0 Å². The summed E-state index contributed by atoms with van der Waals surface area (Å²) >= 11 is 3.48. The molecule has 0 heterocycles. The molecular weight excluding hydrogens is 404 g/mol. The summed E-state index contributed by atoms with van der Waals surface area (Å²) in [6, 6.07) is 5.88. The van der Waals surface area contributed by atoms with Crippen molar-refractivity contribution in [2.75, 3.05) is 25.2 Å². The molecule has 0 unspecified atom stereocenters. The Balaban J connectivity index is 2.24. The number of ether oxygens (including phenoxy) is 3. The zero-order chi connectivity index (χ0) is 19.6. The van der Waals surface area contributed by atoms with Crippen molar-refractivity contribution < 1.29 is 14.2 Å². The summed E-state index contributed by atoms with van der Waals surface area (Å²) in [5.41, 5.74) is 1.06. The van der Waals surface area contributed by atoms with Crippen LogP contribution in [0.4, 0.5) is 0 Å². The van der Waals surface area contributed by atoms with Crippen LogP contribution in [-0.4, -0.2) is 25.2 Å². The lowest BCUT2D eigenvalue weighted by Crippen LogP contribution is -2.00. The first kappa shape index (κ1) is 23.8. The molecule has 0 amide bonds. The van der Waals surface area contributed by atoms with E-state index >= 15 is 0 Å². The summed E-state index contributed by atoms with van der Waals surface area (Å²) in [6.45, 7) is 9.68. The van der Waals surface area contributed by atoms with Gasteiger partial charge in [0.2, 0.25) is 0 Å². The molecule has 0 aromatic heterocycles. The Labute approximate surface area is 173 Å². The Kier molecular flexibility index (Phi) is 14.9. The van der Waals surface area contributed by atoms with Crippen LogP contribution in [0.5, 0.6) is 11.5 Å². The number of hydrogen-bond donors (Lipinski definition) is 0. The lowest BCUT2D eigenvalue weighted by molar-refractivity contribution is 0.116. The molecule has 4 heteroatoms. The maximum Gasteiger partial charge on any atom is 0.123 e. The number of unbranched alkanes of at least 4 members (excludes halogenated alkanes) is 7. The van der Waals surface area contributed by atoms with Crippen molar-refractivity contribution in [2.24, 2.45) is 0 Å². The zero-order valence-electron chi connectivity index (χ0n) is 16.6. The number of alkyl halides is 1. The number of rotatable bonds is 18. The quantitative estimate of drug-likeness (QED) is 0.142. The maximum absolute atomic E-state index is 5.84. The molecule has 0 fully saturated rings. The minimum absolute atomic E-state index is 0.474.